The zero-order valence-corrected chi connectivity index (χ0v) is 17.5. The molecular formula is C25H19N3O4. The van der Waals surface area contributed by atoms with Crippen LogP contribution in [0.15, 0.2) is 82.0 Å². The highest BCUT2D eigenvalue weighted by Crippen LogP contribution is 2.41. The number of rotatable bonds is 4. The molecule has 0 aliphatic heterocycles. The Kier molecular flexibility index (Phi) is 4.52. The molecule has 0 bridgehead atoms. The molecule has 0 aliphatic carbocycles. The van der Waals surface area contributed by atoms with Crippen LogP contribution in [0, 0.1) is 17.0 Å². The summed E-state index contributed by atoms with van der Waals surface area (Å²) in [6.45, 7) is 1.98. The molecule has 7 heteroatoms. The largest absolute Gasteiger partial charge is 0.439 e. The van der Waals surface area contributed by atoms with Gasteiger partial charge in [-0.05, 0) is 48.4 Å². The number of non-ortho nitro benzene ring substituents is 1. The highest BCUT2D eigenvalue weighted by molar-refractivity contribution is 6.11. The second kappa shape index (κ2) is 7.39. The summed E-state index contributed by atoms with van der Waals surface area (Å²) in [4.78, 5) is 24.1. The summed E-state index contributed by atoms with van der Waals surface area (Å²) in [7, 11) is 1.73. The molecule has 5 aromatic rings. The molecule has 0 spiro atoms. The number of hydrogen-bond acceptors (Lipinski definition) is 5. The molecule has 0 atom stereocenters. The molecule has 2 heterocycles. The molecule has 3 aromatic carbocycles. The lowest BCUT2D eigenvalue weighted by molar-refractivity contribution is -0.384. The van der Waals surface area contributed by atoms with Gasteiger partial charge in [0.2, 0.25) is 5.88 Å². The van der Waals surface area contributed by atoms with Crippen molar-refractivity contribution in [2.45, 2.75) is 6.92 Å². The number of anilines is 2. The first-order valence-corrected chi connectivity index (χ1v) is 10.1. The van der Waals surface area contributed by atoms with E-state index >= 15 is 0 Å². The Morgan fingerprint density at radius 3 is 2.38 bits per heavy atom. The van der Waals surface area contributed by atoms with Crippen LogP contribution in [0.4, 0.5) is 17.3 Å². The number of aryl methyl sites for hydroxylation is 2. The average molecular weight is 425 g/mol. The van der Waals surface area contributed by atoms with E-state index < -0.39 is 4.92 Å². The molecule has 32 heavy (non-hydrogen) atoms. The Labute approximate surface area is 182 Å². The Bertz CT molecular complexity index is 1560. The maximum absolute atomic E-state index is 13.4. The van der Waals surface area contributed by atoms with Crippen LogP contribution in [0.3, 0.4) is 0 Å². The minimum Gasteiger partial charge on any atom is -0.439 e. The molecular weight excluding hydrogens is 406 g/mol. The summed E-state index contributed by atoms with van der Waals surface area (Å²) in [6, 6.07) is 21.5. The zero-order valence-electron chi connectivity index (χ0n) is 17.5. The van der Waals surface area contributed by atoms with Crippen molar-refractivity contribution in [3.8, 4) is 11.1 Å². The van der Waals surface area contributed by atoms with Gasteiger partial charge in [0.05, 0.1) is 21.4 Å². The number of aromatic nitrogens is 1. The zero-order chi connectivity index (χ0) is 22.4. The van der Waals surface area contributed by atoms with Gasteiger partial charge in [-0.15, -0.1) is 0 Å². The summed E-state index contributed by atoms with van der Waals surface area (Å²) in [5.74, 6) is 0.414. The van der Waals surface area contributed by atoms with Crippen LogP contribution in [0.25, 0.3) is 33.0 Å². The van der Waals surface area contributed by atoms with Crippen molar-refractivity contribution >= 4 is 39.1 Å². The smallest absolute Gasteiger partial charge is 0.269 e. The van der Waals surface area contributed by atoms with Crippen LogP contribution >= 0.6 is 0 Å². The van der Waals surface area contributed by atoms with Gasteiger partial charge in [0, 0.05) is 30.3 Å². The minimum absolute atomic E-state index is 0.0201. The monoisotopic (exact) mass is 425 g/mol. The molecule has 0 unspecified atom stereocenters. The number of furan rings is 1. The number of nitro benzene ring substituents is 1. The topological polar surface area (TPSA) is 90.3 Å². The number of nitrogens with zero attached hydrogens (tertiary/aromatic N) is 2. The molecule has 5 rings (SSSR count). The summed E-state index contributed by atoms with van der Waals surface area (Å²) < 4.78 is 7.88. The highest BCUT2D eigenvalue weighted by atomic mass is 16.6. The normalized spacial score (nSPS) is 11.2. The van der Waals surface area contributed by atoms with E-state index in [0.717, 1.165) is 22.2 Å². The predicted octanol–water partition coefficient (Wildman–Crippen LogP) is 5.91. The first-order valence-electron chi connectivity index (χ1n) is 10.1. The van der Waals surface area contributed by atoms with Gasteiger partial charge < -0.3 is 14.3 Å². The van der Waals surface area contributed by atoms with E-state index in [1.807, 2.05) is 55.5 Å². The van der Waals surface area contributed by atoms with Crippen molar-refractivity contribution in [2.24, 2.45) is 7.05 Å². The predicted molar refractivity (Wildman–Crippen MR) is 126 cm³/mol. The van der Waals surface area contributed by atoms with Crippen LogP contribution in [0.1, 0.15) is 5.56 Å². The fraction of sp³-hybridized carbons (Fsp3) is 0.0800. The van der Waals surface area contributed by atoms with Crippen LogP contribution in [0.2, 0.25) is 0 Å². The van der Waals surface area contributed by atoms with Crippen molar-refractivity contribution in [3.63, 3.8) is 0 Å². The maximum Gasteiger partial charge on any atom is 0.269 e. The molecule has 7 nitrogen and oxygen atoms in total. The maximum atomic E-state index is 13.4. The third-order valence-electron chi connectivity index (χ3n) is 5.70. The summed E-state index contributed by atoms with van der Waals surface area (Å²) in [5.41, 5.74) is 4.10. The molecule has 0 saturated carbocycles. The van der Waals surface area contributed by atoms with Crippen molar-refractivity contribution < 1.29 is 9.34 Å². The van der Waals surface area contributed by atoms with E-state index in [2.05, 4.69) is 5.32 Å². The van der Waals surface area contributed by atoms with Gasteiger partial charge >= 0.3 is 0 Å². The van der Waals surface area contributed by atoms with E-state index in [4.69, 9.17) is 4.42 Å². The number of nitrogens with one attached hydrogen (secondary N) is 1. The SMILES string of the molecule is Cc1ccccc1Nc1oc2c(c1-c1ccc([N+](=O)[O-])cc1)c(=O)n(C)c1ccccc21. The van der Waals surface area contributed by atoms with Gasteiger partial charge in [0.1, 0.15) is 0 Å². The minimum atomic E-state index is -0.448. The average Bonchev–Trinajstić information content (AvgIpc) is 3.18. The molecule has 158 valence electrons. The van der Waals surface area contributed by atoms with Crippen LogP contribution < -0.4 is 10.9 Å². The Hall–Kier alpha value is -4.39. The van der Waals surface area contributed by atoms with Crippen LogP contribution in [-0.2, 0) is 7.05 Å². The molecule has 0 aliphatic rings. The second-order valence-corrected chi connectivity index (χ2v) is 7.64. The Morgan fingerprint density at radius 1 is 0.969 bits per heavy atom. The number of pyridine rings is 1. The van der Waals surface area contributed by atoms with Crippen molar-refractivity contribution in [2.75, 3.05) is 5.32 Å². The van der Waals surface area contributed by atoms with E-state index in [1.165, 1.54) is 12.1 Å². The van der Waals surface area contributed by atoms with Crippen molar-refractivity contribution in [3.05, 3.63) is 98.8 Å². The van der Waals surface area contributed by atoms with Gasteiger partial charge in [0.15, 0.2) is 5.58 Å². The Morgan fingerprint density at radius 2 is 1.66 bits per heavy atom. The van der Waals surface area contributed by atoms with E-state index in [9.17, 15) is 14.9 Å². The molecule has 0 radical (unpaired) electrons. The first kappa shape index (κ1) is 19.6. The summed E-state index contributed by atoms with van der Waals surface area (Å²) in [5, 5.41) is 15.7. The molecule has 0 amide bonds. The quantitative estimate of drug-likeness (QED) is 0.285. The number of fused-ring (bicyclic) bond motifs is 3. The Balaban J connectivity index is 1.85. The van der Waals surface area contributed by atoms with Gasteiger partial charge in [-0.2, -0.15) is 0 Å². The van der Waals surface area contributed by atoms with Crippen LogP contribution in [-0.4, -0.2) is 9.49 Å². The van der Waals surface area contributed by atoms with E-state index in [-0.39, 0.29) is 11.2 Å². The first-order chi connectivity index (χ1) is 15.5. The van der Waals surface area contributed by atoms with E-state index in [1.54, 1.807) is 23.7 Å². The van der Waals surface area contributed by atoms with Gasteiger partial charge in [0.25, 0.3) is 11.2 Å². The van der Waals surface area contributed by atoms with Crippen molar-refractivity contribution in [1.29, 1.82) is 0 Å². The molecule has 0 saturated heterocycles. The fourth-order valence-electron chi connectivity index (χ4n) is 4.01. The lowest BCUT2D eigenvalue weighted by atomic mass is 10.0. The molecule has 2 aromatic heterocycles. The third kappa shape index (κ3) is 3.02. The van der Waals surface area contributed by atoms with Gasteiger partial charge in [-0.1, -0.05) is 30.3 Å². The summed E-state index contributed by atoms with van der Waals surface area (Å²) >= 11 is 0. The lowest BCUT2D eigenvalue weighted by Gasteiger charge is -2.09. The number of para-hydroxylation sites is 2. The van der Waals surface area contributed by atoms with E-state index in [0.29, 0.717) is 28.0 Å². The summed E-state index contributed by atoms with van der Waals surface area (Å²) in [6.07, 6.45) is 0. The third-order valence-corrected chi connectivity index (χ3v) is 5.70. The van der Waals surface area contributed by atoms with Gasteiger partial charge in [-0.3, -0.25) is 14.9 Å². The number of hydrogen-bond donors (Lipinski definition) is 1. The second-order valence-electron chi connectivity index (χ2n) is 7.64. The van der Waals surface area contributed by atoms with Gasteiger partial charge in [-0.25, -0.2) is 0 Å². The van der Waals surface area contributed by atoms with Crippen molar-refractivity contribution in [1.82, 2.24) is 4.57 Å². The number of benzene rings is 3. The standard InChI is InChI=1S/C25H19N3O4/c1-15-7-3-5-9-19(15)26-24-21(16-11-13-17(14-12-16)28(30)31)22-23(32-24)18-8-4-6-10-20(18)27(2)25(22)29/h3-14,26H,1-2H3. The lowest BCUT2D eigenvalue weighted by Crippen LogP contribution is -2.17. The van der Waals surface area contributed by atoms with Crippen LogP contribution in [0.5, 0.6) is 0 Å². The highest BCUT2D eigenvalue weighted by Gasteiger charge is 2.23. The molecule has 1 N–H and O–H groups in total. The fourth-order valence-corrected chi connectivity index (χ4v) is 4.01. The number of nitro groups is 1. The molecule has 0 fully saturated rings.